The lowest BCUT2D eigenvalue weighted by Crippen LogP contribution is -2.02. The molecule has 2 aromatic rings. The molecule has 0 aliphatic carbocycles. The molecule has 106 valence electrons. The Bertz CT molecular complexity index is 582. The van der Waals surface area contributed by atoms with Gasteiger partial charge in [0, 0.05) is 16.1 Å². The van der Waals surface area contributed by atoms with Crippen LogP contribution in [0.3, 0.4) is 0 Å². The zero-order chi connectivity index (χ0) is 14.5. The first-order valence-corrected chi connectivity index (χ1v) is 6.72. The van der Waals surface area contributed by atoms with Crippen LogP contribution >= 0.6 is 11.6 Å². The maximum Gasteiger partial charge on any atom is 0.125 e. The Hall–Kier alpha value is -1.71. The van der Waals surface area contributed by atoms with E-state index in [0.29, 0.717) is 22.9 Å². The van der Waals surface area contributed by atoms with Gasteiger partial charge < -0.3 is 14.6 Å². The van der Waals surface area contributed by atoms with Crippen LogP contribution in [0.2, 0.25) is 5.02 Å². The van der Waals surface area contributed by atoms with Gasteiger partial charge in [0.1, 0.15) is 18.1 Å². The van der Waals surface area contributed by atoms with E-state index < -0.39 is 6.10 Å². The summed E-state index contributed by atoms with van der Waals surface area (Å²) in [6, 6.07) is 12.9. The molecule has 0 saturated heterocycles. The molecule has 0 amide bonds. The SMILES string of the molecule is COc1ccccc1COc1ccc(Cl)cc1[C@H](C)O. The van der Waals surface area contributed by atoms with Crippen LogP contribution in [0.1, 0.15) is 24.2 Å². The summed E-state index contributed by atoms with van der Waals surface area (Å²) in [6.07, 6.45) is -0.638. The van der Waals surface area contributed by atoms with Crippen LogP contribution in [0.5, 0.6) is 11.5 Å². The number of ether oxygens (including phenoxy) is 2. The predicted molar refractivity (Wildman–Crippen MR) is 79.4 cm³/mol. The van der Waals surface area contributed by atoms with Crippen LogP contribution in [-0.2, 0) is 6.61 Å². The Labute approximate surface area is 123 Å². The van der Waals surface area contributed by atoms with E-state index in [2.05, 4.69) is 0 Å². The Balaban J connectivity index is 2.19. The first-order chi connectivity index (χ1) is 9.61. The fraction of sp³-hybridized carbons (Fsp3) is 0.250. The second kappa shape index (κ2) is 6.64. The summed E-state index contributed by atoms with van der Waals surface area (Å²) in [7, 11) is 1.63. The summed E-state index contributed by atoms with van der Waals surface area (Å²) in [6.45, 7) is 2.05. The Morgan fingerprint density at radius 1 is 1.15 bits per heavy atom. The standard InChI is InChI=1S/C16H17ClO3/c1-11(18)14-9-13(17)7-8-16(14)20-10-12-5-3-4-6-15(12)19-2/h3-9,11,18H,10H2,1-2H3/t11-/m0/s1. The molecule has 0 heterocycles. The maximum atomic E-state index is 9.76. The number of para-hydroxylation sites is 1. The molecule has 1 N–H and O–H groups in total. The molecule has 1 atom stereocenters. The van der Waals surface area contributed by atoms with Crippen LogP contribution in [0.25, 0.3) is 0 Å². The van der Waals surface area contributed by atoms with Crippen LogP contribution in [0.4, 0.5) is 0 Å². The third-order valence-corrected chi connectivity index (χ3v) is 3.23. The molecule has 0 spiro atoms. The van der Waals surface area contributed by atoms with Gasteiger partial charge in [0.25, 0.3) is 0 Å². The highest BCUT2D eigenvalue weighted by molar-refractivity contribution is 6.30. The van der Waals surface area contributed by atoms with Gasteiger partial charge in [0.05, 0.1) is 13.2 Å². The highest BCUT2D eigenvalue weighted by atomic mass is 35.5. The maximum absolute atomic E-state index is 9.76. The van der Waals surface area contributed by atoms with Crippen molar-refractivity contribution >= 4 is 11.6 Å². The number of hydrogen-bond acceptors (Lipinski definition) is 3. The molecule has 2 rings (SSSR count). The van der Waals surface area contributed by atoms with Crippen molar-refractivity contribution in [1.29, 1.82) is 0 Å². The zero-order valence-electron chi connectivity index (χ0n) is 11.5. The van der Waals surface area contributed by atoms with E-state index in [4.69, 9.17) is 21.1 Å². The van der Waals surface area contributed by atoms with Crippen molar-refractivity contribution in [2.24, 2.45) is 0 Å². The summed E-state index contributed by atoms with van der Waals surface area (Å²) in [5.74, 6) is 1.40. The molecule has 0 saturated carbocycles. The summed E-state index contributed by atoms with van der Waals surface area (Å²) in [5.41, 5.74) is 1.62. The van der Waals surface area contributed by atoms with Crippen molar-refractivity contribution in [3.8, 4) is 11.5 Å². The molecular weight excluding hydrogens is 276 g/mol. The molecule has 3 nitrogen and oxygen atoms in total. The van der Waals surface area contributed by atoms with E-state index in [0.717, 1.165) is 11.3 Å². The third kappa shape index (κ3) is 3.44. The zero-order valence-corrected chi connectivity index (χ0v) is 12.2. The third-order valence-electron chi connectivity index (χ3n) is 3.00. The second-order valence-corrected chi connectivity index (χ2v) is 4.90. The fourth-order valence-electron chi connectivity index (χ4n) is 1.95. The van der Waals surface area contributed by atoms with E-state index in [-0.39, 0.29) is 0 Å². The molecule has 0 unspecified atom stereocenters. The first-order valence-electron chi connectivity index (χ1n) is 6.34. The highest BCUT2D eigenvalue weighted by Gasteiger charge is 2.11. The minimum absolute atomic E-state index is 0.366. The van der Waals surface area contributed by atoms with E-state index >= 15 is 0 Å². The van der Waals surface area contributed by atoms with Crippen LogP contribution in [0.15, 0.2) is 42.5 Å². The fourth-order valence-corrected chi connectivity index (χ4v) is 2.14. The molecule has 0 radical (unpaired) electrons. The first kappa shape index (κ1) is 14.7. The molecule has 0 bridgehead atoms. The van der Waals surface area contributed by atoms with E-state index in [9.17, 15) is 5.11 Å². The molecule has 20 heavy (non-hydrogen) atoms. The Kier molecular flexibility index (Phi) is 4.88. The van der Waals surface area contributed by atoms with Gasteiger partial charge >= 0.3 is 0 Å². The summed E-state index contributed by atoms with van der Waals surface area (Å²) in [4.78, 5) is 0. The number of aliphatic hydroxyl groups excluding tert-OH is 1. The van der Waals surface area contributed by atoms with Gasteiger partial charge in [-0.15, -0.1) is 0 Å². The van der Waals surface area contributed by atoms with E-state index in [1.54, 1.807) is 32.2 Å². The lowest BCUT2D eigenvalue weighted by atomic mass is 10.1. The number of rotatable bonds is 5. The van der Waals surface area contributed by atoms with Crippen molar-refractivity contribution in [1.82, 2.24) is 0 Å². The van der Waals surface area contributed by atoms with Gasteiger partial charge in [0.2, 0.25) is 0 Å². The number of halogens is 1. The molecule has 0 aliphatic rings. The molecule has 0 fully saturated rings. The summed E-state index contributed by atoms with van der Waals surface area (Å²) >= 11 is 5.94. The van der Waals surface area contributed by atoms with Crippen LogP contribution in [-0.4, -0.2) is 12.2 Å². The lowest BCUT2D eigenvalue weighted by Gasteiger charge is -2.15. The van der Waals surface area contributed by atoms with Gasteiger partial charge in [-0.05, 0) is 31.2 Å². The normalized spacial score (nSPS) is 12.0. The molecule has 0 aliphatic heterocycles. The van der Waals surface area contributed by atoms with Gasteiger partial charge in [0.15, 0.2) is 0 Å². The van der Waals surface area contributed by atoms with Crippen molar-refractivity contribution in [2.75, 3.05) is 7.11 Å². The summed E-state index contributed by atoms with van der Waals surface area (Å²) < 4.78 is 11.1. The largest absolute Gasteiger partial charge is 0.496 e. The van der Waals surface area contributed by atoms with Gasteiger partial charge in [-0.1, -0.05) is 29.8 Å². The topological polar surface area (TPSA) is 38.7 Å². The van der Waals surface area contributed by atoms with E-state index in [1.807, 2.05) is 24.3 Å². The van der Waals surface area contributed by atoms with Crippen LogP contribution < -0.4 is 9.47 Å². The van der Waals surface area contributed by atoms with Crippen molar-refractivity contribution in [3.63, 3.8) is 0 Å². The minimum Gasteiger partial charge on any atom is -0.496 e. The average molecular weight is 293 g/mol. The molecular formula is C16H17ClO3. The quantitative estimate of drug-likeness (QED) is 0.906. The van der Waals surface area contributed by atoms with Gasteiger partial charge in [-0.3, -0.25) is 0 Å². The summed E-state index contributed by atoms with van der Waals surface area (Å²) in [5, 5.41) is 10.3. The van der Waals surface area contributed by atoms with Gasteiger partial charge in [-0.2, -0.15) is 0 Å². The average Bonchev–Trinajstić information content (AvgIpc) is 2.46. The molecule has 2 aromatic carbocycles. The van der Waals surface area contributed by atoms with Crippen LogP contribution in [0, 0.1) is 0 Å². The number of benzene rings is 2. The van der Waals surface area contributed by atoms with E-state index in [1.165, 1.54) is 0 Å². The number of hydrogen-bond donors (Lipinski definition) is 1. The number of aliphatic hydroxyl groups is 1. The molecule has 4 heteroatoms. The van der Waals surface area contributed by atoms with Crippen molar-refractivity contribution in [2.45, 2.75) is 19.6 Å². The van der Waals surface area contributed by atoms with Crippen molar-refractivity contribution in [3.05, 3.63) is 58.6 Å². The predicted octanol–water partition coefficient (Wildman–Crippen LogP) is 3.98. The lowest BCUT2D eigenvalue weighted by molar-refractivity contribution is 0.190. The smallest absolute Gasteiger partial charge is 0.125 e. The Morgan fingerprint density at radius 3 is 2.60 bits per heavy atom. The second-order valence-electron chi connectivity index (χ2n) is 4.46. The number of methoxy groups -OCH3 is 1. The monoisotopic (exact) mass is 292 g/mol. The Morgan fingerprint density at radius 2 is 1.90 bits per heavy atom. The minimum atomic E-state index is -0.638. The van der Waals surface area contributed by atoms with Crippen molar-refractivity contribution < 1.29 is 14.6 Å². The highest BCUT2D eigenvalue weighted by Crippen LogP contribution is 2.29. The van der Waals surface area contributed by atoms with Gasteiger partial charge in [-0.25, -0.2) is 0 Å². The molecule has 0 aromatic heterocycles.